The molecule has 0 spiro atoms. The molecule has 0 saturated carbocycles. The van der Waals surface area contributed by atoms with Crippen LogP contribution in [0.1, 0.15) is 32.3 Å². The predicted molar refractivity (Wildman–Crippen MR) is 92.5 cm³/mol. The summed E-state index contributed by atoms with van der Waals surface area (Å²) >= 11 is 0. The van der Waals surface area contributed by atoms with Crippen LogP contribution in [0.5, 0.6) is 0 Å². The Morgan fingerprint density at radius 3 is 2.40 bits per heavy atom. The van der Waals surface area contributed by atoms with E-state index < -0.39 is 17.6 Å². The van der Waals surface area contributed by atoms with E-state index >= 15 is 0 Å². The maximum absolute atomic E-state index is 12.9. The normalized spacial score (nSPS) is 12.1. The van der Waals surface area contributed by atoms with Gasteiger partial charge in [-0.25, -0.2) is 0 Å². The first-order valence-electron chi connectivity index (χ1n) is 7.64. The Hall–Kier alpha value is -1.80. The molecule has 1 aromatic carbocycles. The molecular formula is C16H23ClF3N3O2. The standard InChI is InChI=1S/C16H22F3N3O2.ClH/c1-3-22(15(24)9-8-11(2)20)10-14(23)21-13-7-5-4-6-12(13)16(17,18)19;/h4-7,11H,3,8-10,20H2,1-2H3,(H,21,23);1H. The fourth-order valence-corrected chi connectivity index (χ4v) is 2.09. The summed E-state index contributed by atoms with van der Waals surface area (Å²) in [6.07, 6.45) is -3.90. The summed E-state index contributed by atoms with van der Waals surface area (Å²) in [6, 6.07) is 4.57. The molecule has 25 heavy (non-hydrogen) atoms. The Morgan fingerprint density at radius 1 is 1.28 bits per heavy atom. The number of carbonyl (C=O) groups excluding carboxylic acids is 2. The summed E-state index contributed by atoms with van der Waals surface area (Å²) in [7, 11) is 0. The van der Waals surface area contributed by atoms with E-state index in [0.29, 0.717) is 6.42 Å². The molecular weight excluding hydrogens is 359 g/mol. The third-order valence-electron chi connectivity index (χ3n) is 3.39. The van der Waals surface area contributed by atoms with Gasteiger partial charge in [-0.05, 0) is 32.4 Å². The summed E-state index contributed by atoms with van der Waals surface area (Å²) in [6.45, 7) is 3.44. The molecule has 5 nitrogen and oxygen atoms in total. The number of hydrogen-bond acceptors (Lipinski definition) is 3. The lowest BCUT2D eigenvalue weighted by Crippen LogP contribution is -2.38. The highest BCUT2D eigenvalue weighted by molar-refractivity contribution is 5.95. The number of carbonyl (C=O) groups is 2. The Balaban J connectivity index is 0.00000576. The van der Waals surface area contributed by atoms with Gasteiger partial charge in [-0.2, -0.15) is 13.2 Å². The van der Waals surface area contributed by atoms with Crippen molar-refractivity contribution in [1.82, 2.24) is 4.90 Å². The quantitative estimate of drug-likeness (QED) is 0.762. The second kappa shape index (κ2) is 10.2. The van der Waals surface area contributed by atoms with Crippen molar-refractivity contribution in [3.63, 3.8) is 0 Å². The van der Waals surface area contributed by atoms with Gasteiger partial charge in [0.25, 0.3) is 0 Å². The zero-order valence-electron chi connectivity index (χ0n) is 14.1. The molecule has 0 heterocycles. The van der Waals surface area contributed by atoms with Gasteiger partial charge in [-0.15, -0.1) is 12.4 Å². The Bertz CT molecular complexity index is 580. The number of para-hydroxylation sites is 1. The lowest BCUT2D eigenvalue weighted by molar-refractivity contribution is -0.137. The van der Waals surface area contributed by atoms with E-state index in [0.717, 1.165) is 6.07 Å². The molecule has 2 amide bonds. The average molecular weight is 382 g/mol. The molecule has 0 saturated heterocycles. The molecule has 1 atom stereocenters. The van der Waals surface area contributed by atoms with E-state index in [1.807, 2.05) is 0 Å². The van der Waals surface area contributed by atoms with Crippen LogP contribution in [0, 0.1) is 0 Å². The highest BCUT2D eigenvalue weighted by Gasteiger charge is 2.33. The maximum Gasteiger partial charge on any atom is 0.418 e. The molecule has 3 N–H and O–H groups in total. The Labute approximate surface area is 151 Å². The second-order valence-electron chi connectivity index (χ2n) is 5.52. The number of rotatable bonds is 7. The van der Waals surface area contributed by atoms with E-state index in [2.05, 4.69) is 5.32 Å². The first-order chi connectivity index (χ1) is 11.1. The highest BCUT2D eigenvalue weighted by Crippen LogP contribution is 2.34. The molecule has 142 valence electrons. The van der Waals surface area contributed by atoms with Gasteiger partial charge in [0, 0.05) is 19.0 Å². The van der Waals surface area contributed by atoms with Crippen molar-refractivity contribution < 1.29 is 22.8 Å². The van der Waals surface area contributed by atoms with Crippen LogP contribution in [0.4, 0.5) is 18.9 Å². The molecule has 0 aliphatic carbocycles. The van der Waals surface area contributed by atoms with Gasteiger partial charge in [0.05, 0.1) is 17.8 Å². The number of benzene rings is 1. The number of halogens is 4. The first kappa shape index (κ1) is 23.2. The van der Waals surface area contributed by atoms with Crippen molar-refractivity contribution in [2.45, 2.75) is 38.9 Å². The molecule has 0 fully saturated rings. The van der Waals surface area contributed by atoms with Gasteiger partial charge in [-0.1, -0.05) is 12.1 Å². The van der Waals surface area contributed by atoms with Crippen molar-refractivity contribution in [2.24, 2.45) is 5.73 Å². The SMILES string of the molecule is CCN(CC(=O)Nc1ccccc1C(F)(F)F)C(=O)CCC(C)N.Cl. The fourth-order valence-electron chi connectivity index (χ4n) is 2.09. The van der Waals surface area contributed by atoms with Crippen LogP contribution in [0.25, 0.3) is 0 Å². The number of nitrogens with two attached hydrogens (primary N) is 1. The Kier molecular flexibility index (Phi) is 9.51. The molecule has 0 aromatic heterocycles. The number of likely N-dealkylation sites (N-methyl/N-ethyl adjacent to an activating group) is 1. The summed E-state index contributed by atoms with van der Waals surface area (Å²) in [5.74, 6) is -0.934. The third-order valence-corrected chi connectivity index (χ3v) is 3.39. The van der Waals surface area contributed by atoms with E-state index in [4.69, 9.17) is 5.73 Å². The van der Waals surface area contributed by atoms with Crippen LogP contribution in [0.3, 0.4) is 0 Å². The van der Waals surface area contributed by atoms with E-state index in [-0.39, 0.29) is 49.6 Å². The van der Waals surface area contributed by atoms with Crippen LogP contribution >= 0.6 is 12.4 Å². The topological polar surface area (TPSA) is 75.4 Å². The zero-order chi connectivity index (χ0) is 18.3. The number of anilines is 1. The lowest BCUT2D eigenvalue weighted by Gasteiger charge is -2.21. The highest BCUT2D eigenvalue weighted by atomic mass is 35.5. The minimum Gasteiger partial charge on any atom is -0.334 e. The van der Waals surface area contributed by atoms with Crippen molar-refractivity contribution in [3.8, 4) is 0 Å². The van der Waals surface area contributed by atoms with Crippen LogP contribution < -0.4 is 11.1 Å². The van der Waals surface area contributed by atoms with Gasteiger partial charge < -0.3 is 16.0 Å². The summed E-state index contributed by atoms with van der Waals surface area (Å²) in [5.41, 5.74) is 4.34. The van der Waals surface area contributed by atoms with E-state index in [1.165, 1.54) is 23.1 Å². The number of amides is 2. The van der Waals surface area contributed by atoms with Crippen molar-refractivity contribution >= 4 is 29.9 Å². The number of hydrogen-bond donors (Lipinski definition) is 2. The van der Waals surface area contributed by atoms with Crippen molar-refractivity contribution in [1.29, 1.82) is 0 Å². The van der Waals surface area contributed by atoms with Gasteiger partial charge in [0.2, 0.25) is 11.8 Å². The van der Waals surface area contributed by atoms with Crippen molar-refractivity contribution in [2.75, 3.05) is 18.4 Å². The molecule has 1 rings (SSSR count). The zero-order valence-corrected chi connectivity index (χ0v) is 14.9. The van der Waals surface area contributed by atoms with E-state index in [1.54, 1.807) is 13.8 Å². The summed E-state index contributed by atoms with van der Waals surface area (Å²) < 4.78 is 38.7. The number of nitrogens with one attached hydrogen (secondary N) is 1. The summed E-state index contributed by atoms with van der Waals surface area (Å²) in [4.78, 5) is 25.3. The maximum atomic E-state index is 12.9. The van der Waals surface area contributed by atoms with Gasteiger partial charge in [0.1, 0.15) is 0 Å². The van der Waals surface area contributed by atoms with Gasteiger partial charge >= 0.3 is 6.18 Å². The summed E-state index contributed by atoms with van der Waals surface area (Å²) in [5, 5.41) is 2.22. The van der Waals surface area contributed by atoms with Crippen molar-refractivity contribution in [3.05, 3.63) is 29.8 Å². The van der Waals surface area contributed by atoms with Gasteiger partial charge in [0.15, 0.2) is 0 Å². The lowest BCUT2D eigenvalue weighted by atomic mass is 10.1. The minimum atomic E-state index is -4.57. The number of alkyl halides is 3. The monoisotopic (exact) mass is 381 g/mol. The fraction of sp³-hybridized carbons (Fsp3) is 0.500. The second-order valence-corrected chi connectivity index (χ2v) is 5.52. The molecule has 0 aliphatic rings. The number of nitrogens with zero attached hydrogens (tertiary/aromatic N) is 1. The molecule has 1 unspecified atom stereocenters. The Morgan fingerprint density at radius 2 is 1.88 bits per heavy atom. The van der Waals surface area contributed by atoms with E-state index in [9.17, 15) is 22.8 Å². The van der Waals surface area contributed by atoms with Crippen LogP contribution in [-0.2, 0) is 15.8 Å². The third kappa shape index (κ3) is 7.74. The molecule has 0 aliphatic heterocycles. The van der Waals surface area contributed by atoms with Crippen LogP contribution in [0.15, 0.2) is 24.3 Å². The predicted octanol–water partition coefficient (Wildman–Crippen LogP) is 3.04. The molecule has 0 bridgehead atoms. The smallest absolute Gasteiger partial charge is 0.334 e. The molecule has 1 aromatic rings. The minimum absolute atomic E-state index is 0. The van der Waals surface area contributed by atoms with Crippen LogP contribution in [-0.4, -0.2) is 35.8 Å². The average Bonchev–Trinajstić information content (AvgIpc) is 2.49. The van der Waals surface area contributed by atoms with Gasteiger partial charge in [-0.3, -0.25) is 9.59 Å². The first-order valence-corrected chi connectivity index (χ1v) is 7.64. The van der Waals surface area contributed by atoms with Crippen LogP contribution in [0.2, 0.25) is 0 Å². The largest absolute Gasteiger partial charge is 0.418 e. The molecule has 0 radical (unpaired) electrons. The molecule has 9 heteroatoms.